The van der Waals surface area contributed by atoms with Crippen molar-refractivity contribution in [3.8, 4) is 6.07 Å². The van der Waals surface area contributed by atoms with E-state index in [0.29, 0.717) is 12.1 Å². The lowest BCUT2D eigenvalue weighted by molar-refractivity contribution is 0.0554. The number of likely N-dealkylation sites (N-methyl/N-ethyl adjacent to an activating group) is 1. The van der Waals surface area contributed by atoms with E-state index < -0.39 is 0 Å². The minimum atomic E-state index is 0.251. The Morgan fingerprint density at radius 2 is 2.19 bits per heavy atom. The predicted octanol–water partition coefficient (Wildman–Crippen LogP) is 2.18. The second-order valence-corrected chi connectivity index (χ2v) is 4.96. The Bertz CT molecular complexity index is 255. The van der Waals surface area contributed by atoms with Crippen molar-refractivity contribution in [3.05, 3.63) is 0 Å². The summed E-state index contributed by atoms with van der Waals surface area (Å²) in [5.74, 6) is 0.251. The molecule has 0 radical (unpaired) electrons. The number of hydrogen-bond acceptors (Lipinski definition) is 3. The Morgan fingerprint density at radius 3 is 2.81 bits per heavy atom. The first kappa shape index (κ1) is 11.9. The summed E-state index contributed by atoms with van der Waals surface area (Å²) in [6.45, 7) is 5.19. The van der Waals surface area contributed by atoms with Gasteiger partial charge in [0, 0.05) is 19.2 Å². The molecule has 1 saturated carbocycles. The maximum absolute atomic E-state index is 9.13. The van der Waals surface area contributed by atoms with Crippen LogP contribution in [0.3, 0.4) is 0 Å². The molecule has 0 spiro atoms. The highest BCUT2D eigenvalue weighted by molar-refractivity contribution is 4.97. The van der Waals surface area contributed by atoms with Gasteiger partial charge in [-0.05, 0) is 32.2 Å². The fourth-order valence-electron chi connectivity index (χ4n) is 3.08. The molecule has 1 aliphatic heterocycles. The van der Waals surface area contributed by atoms with Gasteiger partial charge in [-0.3, -0.25) is 4.90 Å². The fraction of sp³-hybridized carbons (Fsp3) is 0.923. The molecule has 0 aromatic carbocycles. The van der Waals surface area contributed by atoms with Gasteiger partial charge in [0.25, 0.3) is 0 Å². The first-order valence-corrected chi connectivity index (χ1v) is 6.60. The normalized spacial score (nSPS) is 34.4. The number of rotatable bonds is 4. The van der Waals surface area contributed by atoms with Crippen LogP contribution in [-0.2, 0) is 4.74 Å². The van der Waals surface area contributed by atoms with Crippen molar-refractivity contribution >= 4 is 0 Å². The molecule has 0 N–H and O–H groups in total. The fourth-order valence-corrected chi connectivity index (χ4v) is 3.08. The molecule has 0 aromatic rings. The Hall–Kier alpha value is -0.590. The molecule has 0 aromatic heterocycles. The van der Waals surface area contributed by atoms with Crippen molar-refractivity contribution in [2.75, 3.05) is 19.7 Å². The third-order valence-electron chi connectivity index (χ3n) is 3.98. The lowest BCUT2D eigenvalue weighted by atomic mass is 10.0. The molecule has 2 rings (SSSR count). The quantitative estimate of drug-likeness (QED) is 0.731. The maximum atomic E-state index is 9.13. The van der Waals surface area contributed by atoms with Gasteiger partial charge in [-0.2, -0.15) is 5.26 Å². The molecule has 90 valence electrons. The summed E-state index contributed by atoms with van der Waals surface area (Å²) in [7, 11) is 0. The van der Waals surface area contributed by atoms with E-state index in [1.165, 1.54) is 25.7 Å². The number of hydrogen-bond donors (Lipinski definition) is 0. The van der Waals surface area contributed by atoms with E-state index in [4.69, 9.17) is 10.00 Å². The minimum Gasteiger partial charge on any atom is -0.377 e. The zero-order valence-electron chi connectivity index (χ0n) is 10.2. The maximum Gasteiger partial charge on any atom is 0.0702 e. The highest BCUT2D eigenvalue weighted by Crippen LogP contribution is 2.30. The molecule has 1 saturated heterocycles. The van der Waals surface area contributed by atoms with Gasteiger partial charge in [-0.15, -0.1) is 0 Å². The summed E-state index contributed by atoms with van der Waals surface area (Å²) in [5.41, 5.74) is 0. The SMILES string of the molecule is CCN(CC1CCCO1)C1CCCC1C#N. The Labute approximate surface area is 98.4 Å². The topological polar surface area (TPSA) is 36.3 Å². The summed E-state index contributed by atoms with van der Waals surface area (Å²) < 4.78 is 5.69. The average molecular weight is 222 g/mol. The van der Waals surface area contributed by atoms with Crippen LogP contribution >= 0.6 is 0 Å². The van der Waals surface area contributed by atoms with Crippen molar-refractivity contribution < 1.29 is 4.74 Å². The summed E-state index contributed by atoms with van der Waals surface area (Å²) in [5, 5.41) is 9.13. The van der Waals surface area contributed by atoms with E-state index >= 15 is 0 Å². The van der Waals surface area contributed by atoms with Gasteiger partial charge in [0.1, 0.15) is 0 Å². The van der Waals surface area contributed by atoms with Crippen LogP contribution in [0.15, 0.2) is 0 Å². The van der Waals surface area contributed by atoms with Crippen molar-refractivity contribution in [1.82, 2.24) is 4.90 Å². The molecule has 3 nitrogen and oxygen atoms in total. The van der Waals surface area contributed by atoms with E-state index in [1.807, 2.05) is 0 Å². The summed E-state index contributed by atoms with van der Waals surface area (Å²) in [4.78, 5) is 2.47. The van der Waals surface area contributed by atoms with Crippen LogP contribution in [0.2, 0.25) is 0 Å². The molecule has 0 bridgehead atoms. The standard InChI is InChI=1S/C13H22N2O/c1-2-15(10-12-6-4-8-16-12)13-7-3-5-11(13)9-14/h11-13H,2-8,10H2,1H3. The van der Waals surface area contributed by atoms with E-state index in [1.54, 1.807) is 0 Å². The molecular formula is C13H22N2O. The van der Waals surface area contributed by atoms with E-state index in [9.17, 15) is 0 Å². The van der Waals surface area contributed by atoms with E-state index in [-0.39, 0.29) is 5.92 Å². The molecule has 3 atom stereocenters. The highest BCUT2D eigenvalue weighted by atomic mass is 16.5. The average Bonchev–Trinajstić information content (AvgIpc) is 2.96. The molecule has 3 unspecified atom stereocenters. The number of nitrogens with zero attached hydrogens (tertiary/aromatic N) is 2. The number of ether oxygens (including phenoxy) is 1. The summed E-state index contributed by atoms with van der Waals surface area (Å²) in [6, 6.07) is 2.96. The van der Waals surface area contributed by atoms with Gasteiger partial charge in [0.2, 0.25) is 0 Å². The lowest BCUT2D eigenvalue weighted by Gasteiger charge is -2.31. The van der Waals surface area contributed by atoms with Crippen molar-refractivity contribution in [2.45, 2.75) is 51.2 Å². The summed E-state index contributed by atoms with van der Waals surface area (Å²) in [6.07, 6.45) is 6.31. The second kappa shape index (κ2) is 5.65. The monoisotopic (exact) mass is 222 g/mol. The van der Waals surface area contributed by atoms with Crippen LogP contribution in [0, 0.1) is 17.2 Å². The molecule has 3 heteroatoms. The van der Waals surface area contributed by atoms with Gasteiger partial charge in [0.05, 0.1) is 18.1 Å². The zero-order chi connectivity index (χ0) is 11.4. The van der Waals surface area contributed by atoms with Gasteiger partial charge in [-0.25, -0.2) is 0 Å². The molecule has 1 heterocycles. The van der Waals surface area contributed by atoms with Crippen molar-refractivity contribution in [1.29, 1.82) is 5.26 Å². The molecule has 0 amide bonds. The van der Waals surface area contributed by atoms with Gasteiger partial charge in [-0.1, -0.05) is 13.3 Å². The van der Waals surface area contributed by atoms with Crippen LogP contribution < -0.4 is 0 Å². The van der Waals surface area contributed by atoms with Gasteiger partial charge >= 0.3 is 0 Å². The first-order chi connectivity index (χ1) is 7.85. The molecule has 2 fully saturated rings. The van der Waals surface area contributed by atoms with E-state index in [2.05, 4.69) is 17.9 Å². The lowest BCUT2D eigenvalue weighted by Crippen LogP contribution is -2.41. The Morgan fingerprint density at radius 1 is 1.31 bits per heavy atom. The second-order valence-electron chi connectivity index (χ2n) is 4.96. The van der Waals surface area contributed by atoms with Crippen LogP contribution in [0.1, 0.15) is 39.0 Å². The van der Waals surface area contributed by atoms with Crippen LogP contribution in [0.25, 0.3) is 0 Å². The predicted molar refractivity (Wildman–Crippen MR) is 63.0 cm³/mol. The smallest absolute Gasteiger partial charge is 0.0702 e. The van der Waals surface area contributed by atoms with Gasteiger partial charge < -0.3 is 4.74 Å². The first-order valence-electron chi connectivity index (χ1n) is 6.60. The number of nitriles is 1. The Balaban J connectivity index is 1.90. The van der Waals surface area contributed by atoms with Gasteiger partial charge in [0.15, 0.2) is 0 Å². The van der Waals surface area contributed by atoms with E-state index in [0.717, 1.165) is 26.1 Å². The highest BCUT2D eigenvalue weighted by Gasteiger charge is 2.33. The third-order valence-corrected chi connectivity index (χ3v) is 3.98. The minimum absolute atomic E-state index is 0.251. The Kier molecular flexibility index (Phi) is 4.20. The molecule has 2 aliphatic rings. The van der Waals surface area contributed by atoms with Crippen LogP contribution in [0.5, 0.6) is 0 Å². The summed E-state index contributed by atoms with van der Waals surface area (Å²) >= 11 is 0. The molecule has 16 heavy (non-hydrogen) atoms. The molecule has 1 aliphatic carbocycles. The third kappa shape index (κ3) is 2.56. The van der Waals surface area contributed by atoms with Crippen LogP contribution in [0.4, 0.5) is 0 Å². The van der Waals surface area contributed by atoms with Crippen LogP contribution in [-0.4, -0.2) is 36.7 Å². The molecular weight excluding hydrogens is 200 g/mol. The van der Waals surface area contributed by atoms with Crippen molar-refractivity contribution in [3.63, 3.8) is 0 Å². The largest absolute Gasteiger partial charge is 0.377 e. The van der Waals surface area contributed by atoms with Crippen molar-refractivity contribution in [2.24, 2.45) is 5.92 Å². The zero-order valence-corrected chi connectivity index (χ0v) is 10.2.